The molecule has 1 amide bonds. The Hall–Kier alpha value is -1.38. The highest BCUT2D eigenvalue weighted by molar-refractivity contribution is 5.94. The summed E-state index contributed by atoms with van der Waals surface area (Å²) in [6.45, 7) is 5.80. The molecule has 0 heterocycles. The maximum atomic E-state index is 13.1. The van der Waals surface area contributed by atoms with E-state index in [9.17, 15) is 9.18 Å². The predicted octanol–water partition coefficient (Wildman–Crippen LogP) is 3.39. The lowest BCUT2D eigenvalue weighted by Gasteiger charge is -2.26. The molecule has 0 aliphatic rings. The van der Waals surface area contributed by atoms with Crippen molar-refractivity contribution in [3.8, 4) is 0 Å². The molecule has 3 heteroatoms. The molecule has 0 saturated heterocycles. The van der Waals surface area contributed by atoms with Crippen LogP contribution < -0.4 is 0 Å². The second-order valence-corrected chi connectivity index (χ2v) is 4.35. The van der Waals surface area contributed by atoms with Crippen molar-refractivity contribution in [2.45, 2.75) is 39.7 Å². The zero-order valence-corrected chi connectivity index (χ0v) is 11.0. The van der Waals surface area contributed by atoms with E-state index in [1.54, 1.807) is 31.0 Å². The van der Waals surface area contributed by atoms with E-state index in [0.29, 0.717) is 11.1 Å². The third-order valence-corrected chi connectivity index (χ3v) is 3.22. The Labute approximate surface area is 102 Å². The zero-order valence-electron chi connectivity index (χ0n) is 11.0. The van der Waals surface area contributed by atoms with Gasteiger partial charge in [0.15, 0.2) is 0 Å². The van der Waals surface area contributed by atoms with Crippen LogP contribution >= 0.6 is 0 Å². The number of halogens is 1. The number of nitrogens with zero attached hydrogens (tertiary/aromatic N) is 1. The Morgan fingerprint density at radius 3 is 2.41 bits per heavy atom. The molecule has 0 atom stereocenters. The summed E-state index contributed by atoms with van der Waals surface area (Å²) in [4.78, 5) is 13.9. The molecule has 1 aromatic carbocycles. The molecule has 2 nitrogen and oxygen atoms in total. The van der Waals surface area contributed by atoms with Crippen molar-refractivity contribution in [3.63, 3.8) is 0 Å². The fourth-order valence-electron chi connectivity index (χ4n) is 1.98. The maximum Gasteiger partial charge on any atom is 0.253 e. The van der Waals surface area contributed by atoms with Gasteiger partial charge in [0.2, 0.25) is 0 Å². The molecule has 0 radical (unpaired) electrons. The molecule has 0 aliphatic heterocycles. The van der Waals surface area contributed by atoms with Crippen LogP contribution in [0.5, 0.6) is 0 Å². The smallest absolute Gasteiger partial charge is 0.253 e. The molecule has 0 bridgehead atoms. The number of rotatable bonds is 4. The number of carbonyl (C=O) groups excluding carboxylic acids is 1. The van der Waals surface area contributed by atoms with Crippen LogP contribution in [0, 0.1) is 12.7 Å². The summed E-state index contributed by atoms with van der Waals surface area (Å²) in [6.07, 6.45) is 1.86. The Balaban J connectivity index is 2.92. The van der Waals surface area contributed by atoms with Crippen molar-refractivity contribution in [1.29, 1.82) is 0 Å². The maximum absolute atomic E-state index is 13.1. The minimum absolute atomic E-state index is 0.0400. The number of carbonyl (C=O) groups is 1. The van der Waals surface area contributed by atoms with Crippen molar-refractivity contribution in [2.75, 3.05) is 7.05 Å². The van der Waals surface area contributed by atoms with Crippen molar-refractivity contribution in [3.05, 3.63) is 35.1 Å². The summed E-state index contributed by atoms with van der Waals surface area (Å²) in [5.74, 6) is -0.312. The Bertz CT molecular complexity index is 399. The van der Waals surface area contributed by atoms with Gasteiger partial charge in [0.1, 0.15) is 5.82 Å². The third-order valence-electron chi connectivity index (χ3n) is 3.22. The van der Waals surface area contributed by atoms with Crippen LogP contribution in [0.25, 0.3) is 0 Å². The van der Waals surface area contributed by atoms with Crippen LogP contribution in [0.3, 0.4) is 0 Å². The SMILES string of the molecule is CCC(CC)N(C)C(=O)c1ccc(F)c(C)c1. The van der Waals surface area contributed by atoms with Gasteiger partial charge in [-0.15, -0.1) is 0 Å². The molecular weight excluding hydrogens is 217 g/mol. The number of benzene rings is 1. The second kappa shape index (κ2) is 5.80. The normalized spacial score (nSPS) is 10.7. The molecule has 94 valence electrons. The Morgan fingerprint density at radius 1 is 1.35 bits per heavy atom. The molecule has 1 aromatic rings. The quantitative estimate of drug-likeness (QED) is 0.786. The fourth-order valence-corrected chi connectivity index (χ4v) is 1.98. The highest BCUT2D eigenvalue weighted by Crippen LogP contribution is 2.14. The molecule has 0 spiro atoms. The van der Waals surface area contributed by atoms with Gasteiger partial charge < -0.3 is 4.90 Å². The van der Waals surface area contributed by atoms with Gasteiger partial charge in [0, 0.05) is 18.7 Å². The first-order chi connectivity index (χ1) is 8.01. The minimum atomic E-state index is -0.272. The first kappa shape index (κ1) is 13.7. The molecule has 0 aliphatic carbocycles. The lowest BCUT2D eigenvalue weighted by molar-refractivity contribution is 0.0723. The molecule has 0 unspecified atom stereocenters. The van der Waals surface area contributed by atoms with Crippen LogP contribution in [0.15, 0.2) is 18.2 Å². The highest BCUT2D eigenvalue weighted by atomic mass is 19.1. The summed E-state index contributed by atoms with van der Waals surface area (Å²) in [5.41, 5.74) is 1.06. The third kappa shape index (κ3) is 3.05. The van der Waals surface area contributed by atoms with Crippen LogP contribution in [0.2, 0.25) is 0 Å². The summed E-state index contributed by atoms with van der Waals surface area (Å²) in [5, 5.41) is 0. The minimum Gasteiger partial charge on any atom is -0.339 e. The van der Waals surface area contributed by atoms with Gasteiger partial charge in [-0.05, 0) is 43.5 Å². The first-order valence-electron chi connectivity index (χ1n) is 6.04. The second-order valence-electron chi connectivity index (χ2n) is 4.35. The topological polar surface area (TPSA) is 20.3 Å². The number of aryl methyl sites for hydroxylation is 1. The van der Waals surface area contributed by atoms with Crippen LogP contribution in [-0.4, -0.2) is 23.9 Å². The molecule has 17 heavy (non-hydrogen) atoms. The molecule has 1 rings (SSSR count). The number of amides is 1. The Kier molecular flexibility index (Phi) is 4.67. The van der Waals surface area contributed by atoms with Crippen molar-refractivity contribution < 1.29 is 9.18 Å². The predicted molar refractivity (Wildman–Crippen MR) is 67.6 cm³/mol. The number of hydrogen-bond donors (Lipinski definition) is 0. The molecular formula is C14H20FNO. The largest absolute Gasteiger partial charge is 0.339 e. The van der Waals surface area contributed by atoms with E-state index >= 15 is 0 Å². The van der Waals surface area contributed by atoms with Crippen LogP contribution in [0.4, 0.5) is 4.39 Å². The standard InChI is InChI=1S/C14H20FNO/c1-5-12(6-2)16(4)14(17)11-7-8-13(15)10(3)9-11/h7-9,12H,5-6H2,1-4H3. The van der Waals surface area contributed by atoms with Gasteiger partial charge in [0.25, 0.3) is 5.91 Å². The molecule has 0 fully saturated rings. The summed E-state index contributed by atoms with van der Waals surface area (Å²) < 4.78 is 13.1. The number of hydrogen-bond acceptors (Lipinski definition) is 1. The van der Waals surface area contributed by atoms with Crippen molar-refractivity contribution in [2.24, 2.45) is 0 Å². The van der Waals surface area contributed by atoms with Gasteiger partial charge in [-0.1, -0.05) is 13.8 Å². The van der Waals surface area contributed by atoms with Crippen LogP contribution in [0.1, 0.15) is 42.6 Å². The van der Waals surface area contributed by atoms with E-state index in [4.69, 9.17) is 0 Å². The lowest BCUT2D eigenvalue weighted by Crippen LogP contribution is -2.36. The van der Waals surface area contributed by atoms with Gasteiger partial charge in [0.05, 0.1) is 0 Å². The van der Waals surface area contributed by atoms with Crippen molar-refractivity contribution >= 4 is 5.91 Å². The Morgan fingerprint density at radius 2 is 1.94 bits per heavy atom. The van der Waals surface area contributed by atoms with E-state index in [0.717, 1.165) is 12.8 Å². The first-order valence-corrected chi connectivity index (χ1v) is 6.04. The van der Waals surface area contributed by atoms with E-state index in [-0.39, 0.29) is 17.8 Å². The average Bonchev–Trinajstić information content (AvgIpc) is 2.33. The van der Waals surface area contributed by atoms with Gasteiger partial charge in [-0.3, -0.25) is 4.79 Å². The van der Waals surface area contributed by atoms with Crippen LogP contribution in [-0.2, 0) is 0 Å². The molecule has 0 aromatic heterocycles. The zero-order chi connectivity index (χ0) is 13.0. The van der Waals surface area contributed by atoms with Gasteiger partial charge in [-0.2, -0.15) is 0 Å². The van der Waals surface area contributed by atoms with Gasteiger partial charge >= 0.3 is 0 Å². The monoisotopic (exact) mass is 237 g/mol. The lowest BCUT2D eigenvalue weighted by atomic mass is 10.1. The summed E-state index contributed by atoms with van der Waals surface area (Å²) in [6, 6.07) is 4.75. The molecule has 0 N–H and O–H groups in total. The van der Waals surface area contributed by atoms with E-state index in [1.807, 2.05) is 0 Å². The van der Waals surface area contributed by atoms with E-state index < -0.39 is 0 Å². The van der Waals surface area contributed by atoms with E-state index in [1.165, 1.54) is 6.07 Å². The fraction of sp³-hybridized carbons (Fsp3) is 0.500. The highest BCUT2D eigenvalue weighted by Gasteiger charge is 2.18. The summed E-state index contributed by atoms with van der Waals surface area (Å²) >= 11 is 0. The van der Waals surface area contributed by atoms with Crippen molar-refractivity contribution in [1.82, 2.24) is 4.90 Å². The average molecular weight is 237 g/mol. The molecule has 0 saturated carbocycles. The van der Waals surface area contributed by atoms with Gasteiger partial charge in [-0.25, -0.2) is 4.39 Å². The summed E-state index contributed by atoms with van der Waals surface area (Å²) in [7, 11) is 1.80. The van der Waals surface area contributed by atoms with E-state index in [2.05, 4.69) is 13.8 Å².